The molecule has 3 rings (SSSR count). The molecule has 2 aromatic rings. The molecule has 1 N–H and O–H groups in total. The highest BCUT2D eigenvalue weighted by atomic mass is 19.1. The van der Waals surface area contributed by atoms with E-state index in [1.54, 1.807) is 30.9 Å². The van der Waals surface area contributed by atoms with Gasteiger partial charge in [-0.3, -0.25) is 4.79 Å². The predicted molar refractivity (Wildman–Crippen MR) is 92.2 cm³/mol. The molecule has 6 nitrogen and oxygen atoms in total. The first kappa shape index (κ1) is 18.4. The van der Waals surface area contributed by atoms with Gasteiger partial charge in [-0.15, -0.1) is 0 Å². The fraction of sp³-hybridized carbons (Fsp3) is 0.474. The average molecular weight is 362 g/mol. The standard InChI is InChI=1S/C19H23FN2O4/c1-19(2,24)13-5-4-8-22(10-13)18(23)16-11-26-17(21-16)12-25-15-7-3-6-14(20)9-15/h3,6-7,9,11,13,24H,4-5,8,10,12H2,1-2H3. The Morgan fingerprint density at radius 3 is 3.04 bits per heavy atom. The predicted octanol–water partition coefficient (Wildman–Crippen LogP) is 3.02. The number of carbonyl (C=O) groups is 1. The number of aromatic nitrogens is 1. The number of carbonyl (C=O) groups excluding carboxylic acids is 1. The van der Waals surface area contributed by atoms with Gasteiger partial charge in [-0.2, -0.15) is 0 Å². The minimum Gasteiger partial charge on any atom is -0.484 e. The number of aliphatic hydroxyl groups is 1. The molecule has 2 heterocycles. The quantitative estimate of drug-likeness (QED) is 0.885. The average Bonchev–Trinajstić information content (AvgIpc) is 3.08. The number of likely N-dealkylation sites (tertiary alicyclic amines) is 1. The zero-order valence-electron chi connectivity index (χ0n) is 14.9. The van der Waals surface area contributed by atoms with Crippen molar-refractivity contribution in [3.63, 3.8) is 0 Å². The molecule has 0 saturated carbocycles. The van der Waals surface area contributed by atoms with Crippen LogP contribution in [0.5, 0.6) is 5.75 Å². The number of benzene rings is 1. The van der Waals surface area contributed by atoms with E-state index in [0.29, 0.717) is 18.8 Å². The highest BCUT2D eigenvalue weighted by Gasteiger charge is 2.34. The molecule has 1 amide bonds. The highest BCUT2D eigenvalue weighted by molar-refractivity contribution is 5.92. The van der Waals surface area contributed by atoms with E-state index < -0.39 is 11.4 Å². The first-order valence-electron chi connectivity index (χ1n) is 8.67. The minimum atomic E-state index is -0.827. The molecule has 0 bridgehead atoms. The second kappa shape index (κ2) is 7.45. The van der Waals surface area contributed by atoms with Crippen LogP contribution in [0, 0.1) is 11.7 Å². The molecule has 140 valence electrons. The molecule has 26 heavy (non-hydrogen) atoms. The smallest absolute Gasteiger partial charge is 0.275 e. The van der Waals surface area contributed by atoms with Crippen molar-refractivity contribution in [1.29, 1.82) is 0 Å². The zero-order chi connectivity index (χ0) is 18.7. The molecular weight excluding hydrogens is 339 g/mol. The molecule has 1 aliphatic heterocycles. The number of nitrogens with zero attached hydrogens (tertiary/aromatic N) is 2. The van der Waals surface area contributed by atoms with Crippen LogP contribution in [0.4, 0.5) is 4.39 Å². The summed E-state index contributed by atoms with van der Waals surface area (Å²) in [5, 5.41) is 10.2. The van der Waals surface area contributed by atoms with E-state index in [4.69, 9.17) is 9.15 Å². The van der Waals surface area contributed by atoms with Crippen LogP contribution in [0.3, 0.4) is 0 Å². The Bertz CT molecular complexity index is 769. The summed E-state index contributed by atoms with van der Waals surface area (Å²) < 4.78 is 23.9. The first-order valence-corrected chi connectivity index (χ1v) is 8.67. The lowest BCUT2D eigenvalue weighted by molar-refractivity contribution is -0.0147. The van der Waals surface area contributed by atoms with Gasteiger partial charge in [0.15, 0.2) is 12.3 Å². The Labute approximate surface area is 151 Å². The van der Waals surface area contributed by atoms with Crippen molar-refractivity contribution >= 4 is 5.91 Å². The largest absolute Gasteiger partial charge is 0.484 e. The Kier molecular flexibility index (Phi) is 5.27. The maximum atomic E-state index is 13.1. The molecule has 7 heteroatoms. The Hall–Kier alpha value is -2.41. The summed E-state index contributed by atoms with van der Waals surface area (Å²) in [7, 11) is 0. The zero-order valence-corrected chi connectivity index (χ0v) is 14.9. The molecule has 1 aromatic heterocycles. The lowest BCUT2D eigenvalue weighted by Crippen LogP contribution is -2.47. The number of rotatable bonds is 5. The fourth-order valence-electron chi connectivity index (χ4n) is 3.08. The number of piperidine rings is 1. The Morgan fingerprint density at radius 2 is 2.31 bits per heavy atom. The maximum absolute atomic E-state index is 13.1. The second-order valence-electron chi connectivity index (χ2n) is 7.12. The van der Waals surface area contributed by atoms with Crippen molar-refractivity contribution < 1.29 is 23.4 Å². The SMILES string of the molecule is CC(C)(O)C1CCCN(C(=O)c2coc(COc3cccc(F)c3)n2)C1. The van der Waals surface area contributed by atoms with Crippen molar-refractivity contribution in [1.82, 2.24) is 9.88 Å². The monoisotopic (exact) mass is 362 g/mol. The summed E-state index contributed by atoms with van der Waals surface area (Å²) in [6.45, 7) is 4.66. The number of oxazole rings is 1. The van der Waals surface area contributed by atoms with Gasteiger partial charge in [0.25, 0.3) is 5.91 Å². The number of hydrogen-bond donors (Lipinski definition) is 1. The van der Waals surface area contributed by atoms with Crippen LogP contribution in [0.1, 0.15) is 43.1 Å². The molecule has 1 atom stereocenters. The fourth-order valence-corrected chi connectivity index (χ4v) is 3.08. The summed E-state index contributed by atoms with van der Waals surface area (Å²) in [6, 6.07) is 5.76. The summed E-state index contributed by atoms with van der Waals surface area (Å²) in [4.78, 5) is 18.5. The van der Waals surface area contributed by atoms with Gasteiger partial charge in [0.05, 0.1) is 5.60 Å². The molecule has 0 radical (unpaired) electrons. The molecule has 0 spiro atoms. The van der Waals surface area contributed by atoms with E-state index in [1.807, 2.05) is 0 Å². The summed E-state index contributed by atoms with van der Waals surface area (Å²) in [5.74, 6) is 0.0219. The van der Waals surface area contributed by atoms with Gasteiger partial charge in [-0.05, 0) is 38.8 Å². The third kappa shape index (κ3) is 4.40. The molecule has 1 aromatic carbocycles. The number of amides is 1. The van der Waals surface area contributed by atoms with E-state index in [2.05, 4.69) is 4.98 Å². The third-order valence-corrected chi connectivity index (χ3v) is 4.64. The van der Waals surface area contributed by atoms with Crippen LogP contribution in [0.15, 0.2) is 34.9 Å². The van der Waals surface area contributed by atoms with Gasteiger partial charge in [0.2, 0.25) is 5.89 Å². The van der Waals surface area contributed by atoms with E-state index >= 15 is 0 Å². The normalized spacial score (nSPS) is 18.0. The third-order valence-electron chi connectivity index (χ3n) is 4.64. The van der Waals surface area contributed by atoms with Gasteiger partial charge < -0.3 is 19.2 Å². The number of ether oxygens (including phenoxy) is 1. The van der Waals surface area contributed by atoms with E-state index in [9.17, 15) is 14.3 Å². The van der Waals surface area contributed by atoms with E-state index in [1.165, 1.54) is 18.4 Å². The summed E-state index contributed by atoms with van der Waals surface area (Å²) in [5.41, 5.74) is -0.619. The van der Waals surface area contributed by atoms with Gasteiger partial charge in [0, 0.05) is 25.1 Å². The lowest BCUT2D eigenvalue weighted by Gasteiger charge is -2.38. The van der Waals surface area contributed by atoms with Gasteiger partial charge >= 0.3 is 0 Å². The van der Waals surface area contributed by atoms with Crippen LogP contribution in [0.25, 0.3) is 0 Å². The maximum Gasteiger partial charge on any atom is 0.275 e. The van der Waals surface area contributed by atoms with Gasteiger partial charge in [0.1, 0.15) is 17.8 Å². The Morgan fingerprint density at radius 1 is 1.50 bits per heavy atom. The van der Waals surface area contributed by atoms with Crippen LogP contribution >= 0.6 is 0 Å². The minimum absolute atomic E-state index is 0.00301. The van der Waals surface area contributed by atoms with Crippen molar-refractivity contribution in [2.75, 3.05) is 13.1 Å². The van der Waals surface area contributed by atoms with Crippen molar-refractivity contribution in [2.24, 2.45) is 5.92 Å². The van der Waals surface area contributed by atoms with E-state index in [-0.39, 0.29) is 30.0 Å². The molecular formula is C19H23FN2O4. The van der Waals surface area contributed by atoms with Crippen LogP contribution in [0.2, 0.25) is 0 Å². The van der Waals surface area contributed by atoms with Crippen molar-refractivity contribution in [3.05, 3.63) is 47.9 Å². The van der Waals surface area contributed by atoms with Crippen LogP contribution in [-0.2, 0) is 6.61 Å². The Balaban J connectivity index is 1.61. The molecule has 1 saturated heterocycles. The van der Waals surface area contributed by atoms with Crippen LogP contribution < -0.4 is 4.74 Å². The van der Waals surface area contributed by atoms with Crippen molar-refractivity contribution in [3.8, 4) is 5.75 Å². The molecule has 1 fully saturated rings. The molecule has 0 aliphatic carbocycles. The van der Waals surface area contributed by atoms with Crippen molar-refractivity contribution in [2.45, 2.75) is 38.9 Å². The number of hydrogen-bond acceptors (Lipinski definition) is 5. The highest BCUT2D eigenvalue weighted by Crippen LogP contribution is 2.27. The summed E-state index contributed by atoms with van der Waals surface area (Å²) in [6.07, 6.45) is 3.03. The second-order valence-corrected chi connectivity index (χ2v) is 7.12. The summed E-state index contributed by atoms with van der Waals surface area (Å²) >= 11 is 0. The molecule has 1 aliphatic rings. The van der Waals surface area contributed by atoms with Crippen LogP contribution in [-0.4, -0.2) is 39.6 Å². The lowest BCUT2D eigenvalue weighted by atomic mass is 9.84. The number of halogens is 1. The van der Waals surface area contributed by atoms with Gasteiger partial charge in [-0.1, -0.05) is 6.07 Å². The topological polar surface area (TPSA) is 75.8 Å². The molecule has 1 unspecified atom stereocenters. The van der Waals surface area contributed by atoms with Gasteiger partial charge in [-0.25, -0.2) is 9.37 Å². The first-order chi connectivity index (χ1) is 12.3. The van der Waals surface area contributed by atoms with E-state index in [0.717, 1.165) is 12.8 Å².